The minimum Gasteiger partial charge on any atom is -0.397 e. The number of sulfonamides is 1. The first kappa shape index (κ1) is 16.1. The van der Waals surface area contributed by atoms with Crippen LogP contribution in [0.25, 0.3) is 0 Å². The number of rotatable bonds is 5. The molecule has 1 heterocycles. The predicted molar refractivity (Wildman–Crippen MR) is 86.9 cm³/mol. The van der Waals surface area contributed by atoms with Gasteiger partial charge in [-0.1, -0.05) is 13.8 Å². The van der Waals surface area contributed by atoms with Crippen molar-refractivity contribution in [2.75, 3.05) is 30.8 Å². The molecule has 118 valence electrons. The topological polar surface area (TPSA) is 75.4 Å². The van der Waals surface area contributed by atoms with Crippen LogP contribution in [0.1, 0.15) is 33.1 Å². The van der Waals surface area contributed by atoms with E-state index >= 15 is 0 Å². The molecule has 0 radical (unpaired) electrons. The third kappa shape index (κ3) is 3.01. The van der Waals surface area contributed by atoms with Crippen LogP contribution in [0.15, 0.2) is 23.1 Å². The first-order chi connectivity index (χ1) is 9.87. The number of hydrogen-bond acceptors (Lipinski definition) is 4. The SMILES string of the molecule is CCC1(CC)CCN(c2ccc(S(=O)(=O)NC)cc2N)C1. The molecule has 3 N–H and O–H groups in total. The molecule has 0 aliphatic carbocycles. The normalized spacial score (nSPS) is 18.1. The average molecular weight is 311 g/mol. The summed E-state index contributed by atoms with van der Waals surface area (Å²) in [4.78, 5) is 2.49. The number of hydrogen-bond donors (Lipinski definition) is 2. The van der Waals surface area contributed by atoms with Crippen LogP contribution >= 0.6 is 0 Å². The lowest BCUT2D eigenvalue weighted by atomic mass is 9.82. The van der Waals surface area contributed by atoms with Gasteiger partial charge in [-0.3, -0.25) is 0 Å². The molecule has 2 rings (SSSR count). The maximum atomic E-state index is 11.8. The second-order valence-electron chi connectivity index (χ2n) is 5.81. The molecule has 1 aromatic carbocycles. The number of nitrogens with two attached hydrogens (primary N) is 1. The third-order valence-electron chi connectivity index (χ3n) is 4.86. The van der Waals surface area contributed by atoms with Gasteiger partial charge in [-0.2, -0.15) is 0 Å². The van der Waals surface area contributed by atoms with Crippen LogP contribution in [0.2, 0.25) is 0 Å². The van der Waals surface area contributed by atoms with Crippen LogP contribution in [-0.4, -0.2) is 28.6 Å². The maximum Gasteiger partial charge on any atom is 0.240 e. The van der Waals surface area contributed by atoms with E-state index in [1.807, 2.05) is 6.07 Å². The van der Waals surface area contributed by atoms with Crippen molar-refractivity contribution in [2.45, 2.75) is 38.0 Å². The van der Waals surface area contributed by atoms with E-state index < -0.39 is 10.0 Å². The van der Waals surface area contributed by atoms with Gasteiger partial charge in [0.15, 0.2) is 0 Å². The van der Waals surface area contributed by atoms with E-state index in [0.29, 0.717) is 11.1 Å². The van der Waals surface area contributed by atoms with E-state index in [-0.39, 0.29) is 4.90 Å². The molecule has 1 aliphatic heterocycles. The zero-order chi connectivity index (χ0) is 15.7. The number of nitrogens with one attached hydrogen (secondary N) is 1. The summed E-state index contributed by atoms with van der Waals surface area (Å²) < 4.78 is 25.9. The summed E-state index contributed by atoms with van der Waals surface area (Å²) in [5.74, 6) is 0. The molecule has 0 saturated carbocycles. The highest BCUT2D eigenvalue weighted by Crippen LogP contribution is 2.40. The van der Waals surface area contributed by atoms with Crippen LogP contribution < -0.4 is 15.4 Å². The largest absolute Gasteiger partial charge is 0.397 e. The first-order valence-corrected chi connectivity index (χ1v) is 8.94. The van der Waals surface area contributed by atoms with Crippen molar-refractivity contribution in [2.24, 2.45) is 5.41 Å². The number of anilines is 2. The Morgan fingerprint density at radius 2 is 2.00 bits per heavy atom. The number of benzene rings is 1. The van der Waals surface area contributed by atoms with E-state index in [1.54, 1.807) is 12.1 Å². The van der Waals surface area contributed by atoms with Crippen molar-refractivity contribution < 1.29 is 8.42 Å². The Morgan fingerprint density at radius 3 is 2.48 bits per heavy atom. The number of nitrogens with zero attached hydrogens (tertiary/aromatic N) is 1. The molecule has 0 atom stereocenters. The molecule has 1 aliphatic rings. The number of nitrogen functional groups attached to an aromatic ring is 1. The quantitative estimate of drug-likeness (QED) is 0.817. The zero-order valence-corrected chi connectivity index (χ0v) is 13.8. The van der Waals surface area contributed by atoms with E-state index in [1.165, 1.54) is 7.05 Å². The lowest BCUT2D eigenvalue weighted by Crippen LogP contribution is -2.27. The molecular weight excluding hydrogens is 286 g/mol. The molecule has 6 heteroatoms. The van der Waals surface area contributed by atoms with Crippen LogP contribution in [0.5, 0.6) is 0 Å². The summed E-state index contributed by atoms with van der Waals surface area (Å²) >= 11 is 0. The summed E-state index contributed by atoms with van der Waals surface area (Å²) in [6.45, 7) is 6.43. The Bertz CT molecular complexity index is 609. The van der Waals surface area contributed by atoms with Crippen molar-refractivity contribution in [3.63, 3.8) is 0 Å². The summed E-state index contributed by atoms with van der Waals surface area (Å²) in [6.07, 6.45) is 3.48. The summed E-state index contributed by atoms with van der Waals surface area (Å²) in [5.41, 5.74) is 7.91. The van der Waals surface area contributed by atoms with Gasteiger partial charge in [0.2, 0.25) is 10.0 Å². The van der Waals surface area contributed by atoms with E-state index in [9.17, 15) is 8.42 Å². The highest BCUT2D eigenvalue weighted by molar-refractivity contribution is 7.89. The van der Waals surface area contributed by atoms with Gasteiger partial charge < -0.3 is 10.6 Å². The minimum absolute atomic E-state index is 0.211. The smallest absolute Gasteiger partial charge is 0.240 e. The Morgan fingerprint density at radius 1 is 1.33 bits per heavy atom. The van der Waals surface area contributed by atoms with Crippen LogP contribution in [0.4, 0.5) is 11.4 Å². The zero-order valence-electron chi connectivity index (χ0n) is 13.0. The second-order valence-corrected chi connectivity index (χ2v) is 7.69. The fourth-order valence-corrected chi connectivity index (χ4v) is 3.84. The first-order valence-electron chi connectivity index (χ1n) is 7.45. The van der Waals surface area contributed by atoms with Crippen LogP contribution in [-0.2, 0) is 10.0 Å². The van der Waals surface area contributed by atoms with E-state index in [0.717, 1.165) is 38.0 Å². The van der Waals surface area contributed by atoms with Crippen molar-refractivity contribution in [1.29, 1.82) is 0 Å². The van der Waals surface area contributed by atoms with Crippen LogP contribution in [0.3, 0.4) is 0 Å². The molecule has 5 nitrogen and oxygen atoms in total. The summed E-state index contributed by atoms with van der Waals surface area (Å²) in [6, 6.07) is 4.98. The van der Waals surface area contributed by atoms with Gasteiger partial charge in [-0.05, 0) is 49.9 Å². The highest BCUT2D eigenvalue weighted by atomic mass is 32.2. The molecule has 1 fully saturated rings. The van der Waals surface area contributed by atoms with Crippen molar-refractivity contribution in [1.82, 2.24) is 4.72 Å². The standard InChI is InChI=1S/C15H25N3O2S/c1-4-15(5-2)8-9-18(11-15)14-7-6-12(10-13(14)16)21(19,20)17-3/h6-7,10,17H,4-5,8-9,11,16H2,1-3H3. The Balaban J connectivity index is 2.27. The predicted octanol–water partition coefficient (Wildman–Crippen LogP) is 2.19. The molecular formula is C15H25N3O2S. The summed E-state index contributed by atoms with van der Waals surface area (Å²) in [5, 5.41) is 0. The molecule has 0 spiro atoms. The van der Waals surface area contributed by atoms with Gasteiger partial charge in [0.25, 0.3) is 0 Å². The van der Waals surface area contributed by atoms with E-state index in [4.69, 9.17) is 5.73 Å². The van der Waals surface area contributed by atoms with Gasteiger partial charge in [0.1, 0.15) is 0 Å². The highest BCUT2D eigenvalue weighted by Gasteiger charge is 2.35. The average Bonchev–Trinajstić information content (AvgIpc) is 2.92. The molecule has 21 heavy (non-hydrogen) atoms. The van der Waals surface area contributed by atoms with Crippen molar-refractivity contribution in [3.05, 3.63) is 18.2 Å². The fourth-order valence-electron chi connectivity index (χ4n) is 3.07. The van der Waals surface area contributed by atoms with Gasteiger partial charge in [0.05, 0.1) is 16.3 Å². The molecule has 1 saturated heterocycles. The monoisotopic (exact) mass is 311 g/mol. The lowest BCUT2D eigenvalue weighted by molar-refractivity contribution is 0.301. The van der Waals surface area contributed by atoms with Crippen molar-refractivity contribution >= 4 is 21.4 Å². The molecule has 0 aromatic heterocycles. The lowest BCUT2D eigenvalue weighted by Gasteiger charge is -2.27. The van der Waals surface area contributed by atoms with Gasteiger partial charge >= 0.3 is 0 Å². The fraction of sp³-hybridized carbons (Fsp3) is 0.600. The maximum absolute atomic E-state index is 11.8. The Hall–Kier alpha value is -1.27. The Labute approximate surface area is 127 Å². The summed E-state index contributed by atoms with van der Waals surface area (Å²) in [7, 11) is -2.04. The van der Waals surface area contributed by atoms with Crippen molar-refractivity contribution in [3.8, 4) is 0 Å². The van der Waals surface area contributed by atoms with Gasteiger partial charge in [-0.25, -0.2) is 13.1 Å². The van der Waals surface area contributed by atoms with Gasteiger partial charge in [-0.15, -0.1) is 0 Å². The van der Waals surface area contributed by atoms with Crippen LogP contribution in [0, 0.1) is 5.41 Å². The molecule has 1 aromatic rings. The molecule has 0 unspecified atom stereocenters. The van der Waals surface area contributed by atoms with Gasteiger partial charge in [0, 0.05) is 13.1 Å². The van der Waals surface area contributed by atoms with E-state index in [2.05, 4.69) is 23.5 Å². The minimum atomic E-state index is -3.44. The Kier molecular flexibility index (Phi) is 4.49. The third-order valence-corrected chi connectivity index (χ3v) is 6.27. The second kappa shape index (κ2) is 5.85. The molecule has 0 amide bonds. The molecule has 0 bridgehead atoms.